The molecule has 0 saturated carbocycles. The number of nitriles is 1. The molecule has 186 valence electrons. The summed E-state index contributed by atoms with van der Waals surface area (Å²) in [5, 5.41) is 14.4. The molecule has 0 radical (unpaired) electrons. The van der Waals surface area contributed by atoms with Crippen LogP contribution in [-0.4, -0.2) is 0 Å². The van der Waals surface area contributed by atoms with Crippen LogP contribution in [0.15, 0.2) is 136 Å². The molecule has 0 N–H and O–H groups in total. The van der Waals surface area contributed by atoms with Gasteiger partial charge in [0.25, 0.3) is 0 Å². The third-order valence-corrected chi connectivity index (χ3v) is 7.77. The molecule has 0 bridgehead atoms. The summed E-state index contributed by atoms with van der Waals surface area (Å²) in [4.78, 5) is 0. The maximum absolute atomic E-state index is 10.0. The first kappa shape index (κ1) is 22.4. The maximum atomic E-state index is 10.0. The van der Waals surface area contributed by atoms with E-state index in [1.165, 1.54) is 0 Å². The first-order valence-corrected chi connectivity index (χ1v) is 13.2. The van der Waals surface area contributed by atoms with Crippen molar-refractivity contribution in [2.75, 3.05) is 0 Å². The summed E-state index contributed by atoms with van der Waals surface area (Å²) in [5.41, 5.74) is 9.93. The number of furan rings is 2. The highest BCUT2D eigenvalue weighted by Gasteiger charge is 2.19. The Balaban J connectivity index is 1.43. The number of hydrogen-bond acceptors (Lipinski definition) is 3. The van der Waals surface area contributed by atoms with Crippen LogP contribution < -0.4 is 0 Å². The zero-order valence-corrected chi connectivity index (χ0v) is 21.4. The molecule has 6 aromatic carbocycles. The summed E-state index contributed by atoms with van der Waals surface area (Å²) in [6.45, 7) is 0. The van der Waals surface area contributed by atoms with Gasteiger partial charge < -0.3 is 8.83 Å². The van der Waals surface area contributed by atoms with Crippen LogP contribution in [0.4, 0.5) is 0 Å². The lowest BCUT2D eigenvalue weighted by Gasteiger charge is -2.15. The Bertz CT molecular complexity index is 2290. The van der Waals surface area contributed by atoms with Crippen molar-refractivity contribution >= 4 is 43.9 Å². The second kappa shape index (κ2) is 8.73. The van der Waals surface area contributed by atoms with Gasteiger partial charge >= 0.3 is 0 Å². The summed E-state index contributed by atoms with van der Waals surface area (Å²) in [7, 11) is 0. The lowest BCUT2D eigenvalue weighted by Crippen LogP contribution is -1.91. The van der Waals surface area contributed by atoms with Gasteiger partial charge in [0.2, 0.25) is 0 Å². The van der Waals surface area contributed by atoms with Crippen LogP contribution in [-0.2, 0) is 0 Å². The fourth-order valence-corrected chi connectivity index (χ4v) is 5.92. The molecule has 2 aromatic heterocycles. The lowest BCUT2D eigenvalue weighted by atomic mass is 9.88. The molecule has 0 atom stereocenters. The van der Waals surface area contributed by atoms with E-state index in [1.807, 2.05) is 60.7 Å². The maximum Gasteiger partial charge on any atom is 0.143 e. The summed E-state index contributed by atoms with van der Waals surface area (Å²) < 4.78 is 12.8. The van der Waals surface area contributed by atoms with Crippen LogP contribution in [0, 0.1) is 11.3 Å². The molecule has 0 aliphatic rings. The minimum absolute atomic E-state index is 0.625. The molecule has 3 heteroatoms. The average molecular weight is 512 g/mol. The van der Waals surface area contributed by atoms with E-state index in [0.29, 0.717) is 5.56 Å². The second-order valence-corrected chi connectivity index (χ2v) is 9.98. The van der Waals surface area contributed by atoms with Crippen LogP contribution >= 0.6 is 0 Å². The number of benzene rings is 6. The third-order valence-electron chi connectivity index (χ3n) is 7.77. The quantitative estimate of drug-likeness (QED) is 0.237. The van der Waals surface area contributed by atoms with Gasteiger partial charge in [0.1, 0.15) is 22.3 Å². The largest absolute Gasteiger partial charge is 0.455 e. The van der Waals surface area contributed by atoms with Gasteiger partial charge in [-0.2, -0.15) is 5.26 Å². The molecule has 0 aliphatic heterocycles. The van der Waals surface area contributed by atoms with Gasteiger partial charge in [-0.3, -0.25) is 0 Å². The highest BCUT2D eigenvalue weighted by Crippen LogP contribution is 2.43. The number of rotatable bonds is 3. The van der Waals surface area contributed by atoms with Crippen LogP contribution in [0.5, 0.6) is 0 Å². The smallest absolute Gasteiger partial charge is 0.143 e. The fourth-order valence-electron chi connectivity index (χ4n) is 5.92. The van der Waals surface area contributed by atoms with E-state index < -0.39 is 0 Å². The lowest BCUT2D eigenvalue weighted by molar-refractivity contribution is 0.669. The average Bonchev–Trinajstić information content (AvgIpc) is 3.59. The first-order valence-electron chi connectivity index (χ1n) is 13.2. The van der Waals surface area contributed by atoms with Crippen molar-refractivity contribution in [3.05, 3.63) is 133 Å². The van der Waals surface area contributed by atoms with Crippen molar-refractivity contribution < 1.29 is 8.83 Å². The van der Waals surface area contributed by atoms with Crippen molar-refractivity contribution in [3.63, 3.8) is 0 Å². The molecule has 2 heterocycles. The van der Waals surface area contributed by atoms with Crippen LogP contribution in [0.25, 0.3) is 77.3 Å². The van der Waals surface area contributed by atoms with Crippen molar-refractivity contribution in [1.29, 1.82) is 5.26 Å². The molecule has 0 amide bonds. The van der Waals surface area contributed by atoms with Gasteiger partial charge in [-0.25, -0.2) is 0 Å². The number of nitrogens with zero attached hydrogens (tertiary/aromatic N) is 1. The minimum atomic E-state index is 0.625. The molecule has 0 saturated heterocycles. The summed E-state index contributed by atoms with van der Waals surface area (Å²) in [5.74, 6) is 0. The molecular formula is C37H21NO2. The topological polar surface area (TPSA) is 50.1 Å². The normalized spacial score (nSPS) is 11.5. The number of fused-ring (bicyclic) bond motifs is 6. The van der Waals surface area contributed by atoms with Gasteiger partial charge in [0.05, 0.1) is 11.6 Å². The molecule has 40 heavy (non-hydrogen) atoms. The highest BCUT2D eigenvalue weighted by atomic mass is 16.3. The van der Waals surface area contributed by atoms with Gasteiger partial charge in [0.15, 0.2) is 0 Å². The molecule has 3 nitrogen and oxygen atoms in total. The van der Waals surface area contributed by atoms with E-state index in [4.69, 9.17) is 8.83 Å². The van der Waals surface area contributed by atoms with Crippen LogP contribution in [0.3, 0.4) is 0 Å². The fraction of sp³-hybridized carbons (Fsp3) is 0. The Morgan fingerprint density at radius 1 is 0.425 bits per heavy atom. The van der Waals surface area contributed by atoms with Gasteiger partial charge in [0, 0.05) is 38.2 Å². The van der Waals surface area contributed by atoms with E-state index in [2.05, 4.69) is 72.8 Å². The molecule has 8 aromatic rings. The van der Waals surface area contributed by atoms with E-state index in [0.717, 1.165) is 77.3 Å². The van der Waals surface area contributed by atoms with Gasteiger partial charge in [-0.05, 0) is 41.0 Å². The Labute approximate surface area is 230 Å². The van der Waals surface area contributed by atoms with E-state index in [9.17, 15) is 5.26 Å². The monoisotopic (exact) mass is 511 g/mol. The first-order chi connectivity index (χ1) is 19.8. The van der Waals surface area contributed by atoms with E-state index in [-0.39, 0.29) is 0 Å². The predicted octanol–water partition coefficient (Wildman–Crippen LogP) is 10.4. The number of hydrogen-bond donors (Lipinski definition) is 0. The zero-order chi connectivity index (χ0) is 26.6. The minimum Gasteiger partial charge on any atom is -0.455 e. The summed E-state index contributed by atoms with van der Waals surface area (Å²) in [6, 6.07) is 45.4. The molecule has 0 spiro atoms. The zero-order valence-electron chi connectivity index (χ0n) is 21.4. The Hall–Kier alpha value is -5.59. The SMILES string of the molecule is N#Cc1ccccc1-c1cc(-c2cccc3c2oc2ccccc23)ccc1-c1cccc2c1oc1ccccc12. The standard InChI is InChI=1S/C37H21NO2/c38-22-24-9-1-2-10-25(24)33-21-23(26-13-7-15-31-28-11-3-5-17-34(28)39-36(26)31)19-20-27(33)30-14-8-16-32-29-12-4-6-18-35(29)40-37(30)32/h1-21H. The molecule has 8 rings (SSSR count). The molecular weight excluding hydrogens is 490 g/mol. The van der Waals surface area contributed by atoms with Crippen molar-refractivity contribution in [2.45, 2.75) is 0 Å². The Morgan fingerprint density at radius 3 is 1.68 bits per heavy atom. The van der Waals surface area contributed by atoms with Gasteiger partial charge in [-0.1, -0.05) is 103 Å². The molecule has 0 unspecified atom stereocenters. The number of para-hydroxylation sites is 4. The van der Waals surface area contributed by atoms with Gasteiger partial charge in [-0.15, -0.1) is 0 Å². The predicted molar refractivity (Wildman–Crippen MR) is 162 cm³/mol. The second-order valence-electron chi connectivity index (χ2n) is 9.98. The highest BCUT2D eigenvalue weighted by molar-refractivity contribution is 6.12. The summed E-state index contributed by atoms with van der Waals surface area (Å²) >= 11 is 0. The molecule has 0 fully saturated rings. The van der Waals surface area contributed by atoms with E-state index >= 15 is 0 Å². The van der Waals surface area contributed by atoms with Crippen LogP contribution in [0.1, 0.15) is 5.56 Å². The van der Waals surface area contributed by atoms with Crippen molar-refractivity contribution in [3.8, 4) is 39.4 Å². The van der Waals surface area contributed by atoms with Crippen LogP contribution in [0.2, 0.25) is 0 Å². The summed E-state index contributed by atoms with van der Waals surface area (Å²) in [6.07, 6.45) is 0. The Kier molecular flexibility index (Phi) is 4.89. The Morgan fingerprint density at radius 2 is 0.975 bits per heavy atom. The van der Waals surface area contributed by atoms with Crippen molar-refractivity contribution in [2.24, 2.45) is 0 Å². The van der Waals surface area contributed by atoms with Crippen molar-refractivity contribution in [1.82, 2.24) is 0 Å². The molecule has 0 aliphatic carbocycles. The van der Waals surface area contributed by atoms with E-state index in [1.54, 1.807) is 0 Å². The third kappa shape index (κ3) is 3.30.